The predicted molar refractivity (Wildman–Crippen MR) is 119 cm³/mol. The lowest BCUT2D eigenvalue weighted by Gasteiger charge is -2.16. The van der Waals surface area contributed by atoms with Crippen molar-refractivity contribution in [1.29, 1.82) is 0 Å². The van der Waals surface area contributed by atoms with Crippen LogP contribution < -0.4 is 11.1 Å². The summed E-state index contributed by atoms with van der Waals surface area (Å²) in [5, 5.41) is 13.8. The molecule has 0 bridgehead atoms. The van der Waals surface area contributed by atoms with Crippen LogP contribution in [0.2, 0.25) is 10.0 Å². The highest BCUT2D eigenvalue weighted by Crippen LogP contribution is 2.35. The van der Waals surface area contributed by atoms with Crippen LogP contribution in [0.4, 0.5) is 10.5 Å². The number of aryl methyl sites for hydroxylation is 1. The van der Waals surface area contributed by atoms with Gasteiger partial charge in [-0.2, -0.15) is 0 Å². The number of urea groups is 1. The summed E-state index contributed by atoms with van der Waals surface area (Å²) in [7, 11) is 0. The van der Waals surface area contributed by atoms with Crippen molar-refractivity contribution in [2.45, 2.75) is 13.0 Å². The Hall–Kier alpha value is -2.05. The number of carbonyl (C=O) groups excluding carboxylic acids is 1. The van der Waals surface area contributed by atoms with Gasteiger partial charge in [0.05, 0.1) is 5.02 Å². The third kappa shape index (κ3) is 6.24. The number of hydrogen-bond donors (Lipinski definition) is 3. The van der Waals surface area contributed by atoms with Crippen LogP contribution in [0.1, 0.15) is 22.8 Å². The molecule has 0 saturated heterocycles. The van der Waals surface area contributed by atoms with Gasteiger partial charge in [0.1, 0.15) is 6.10 Å². The Labute approximate surface area is 182 Å². The van der Waals surface area contributed by atoms with Crippen molar-refractivity contribution >= 4 is 50.9 Å². The minimum Gasteiger partial charge on any atom is -0.384 e. The molecule has 28 heavy (non-hydrogen) atoms. The molecule has 0 saturated carbocycles. The maximum absolute atomic E-state index is 10.4. The topological polar surface area (TPSA) is 75.3 Å². The first-order chi connectivity index (χ1) is 13.3. The van der Waals surface area contributed by atoms with Crippen LogP contribution in [0.5, 0.6) is 0 Å². The summed E-state index contributed by atoms with van der Waals surface area (Å²) < 4.78 is 0.965. The molecule has 3 rings (SSSR count). The number of aliphatic hydroxyl groups excluding tert-OH is 1. The summed E-state index contributed by atoms with van der Waals surface area (Å²) in [4.78, 5) is 10.4. The number of aliphatic hydroxyl groups is 1. The van der Waals surface area contributed by atoms with Crippen molar-refractivity contribution in [3.05, 3.63) is 97.9 Å². The van der Waals surface area contributed by atoms with E-state index in [2.05, 4.69) is 21.2 Å². The van der Waals surface area contributed by atoms with Gasteiger partial charge in [-0.05, 0) is 48.4 Å². The van der Waals surface area contributed by atoms with E-state index in [0.717, 1.165) is 15.6 Å². The summed E-state index contributed by atoms with van der Waals surface area (Å²) in [6, 6.07) is 19.5. The number of anilines is 1. The molecule has 2 amide bonds. The number of halogens is 3. The third-order valence-electron chi connectivity index (χ3n) is 3.82. The van der Waals surface area contributed by atoms with Crippen molar-refractivity contribution in [3.8, 4) is 0 Å². The van der Waals surface area contributed by atoms with E-state index >= 15 is 0 Å². The quantitative estimate of drug-likeness (QED) is 0.409. The number of carbonyl (C=O) groups is 1. The molecule has 7 heteroatoms. The largest absolute Gasteiger partial charge is 0.384 e. The molecular formula is C21H19BrCl2N2O2. The van der Waals surface area contributed by atoms with Gasteiger partial charge in [-0.1, -0.05) is 75.5 Å². The van der Waals surface area contributed by atoms with E-state index in [1.165, 1.54) is 0 Å². The maximum Gasteiger partial charge on any atom is 0.316 e. The van der Waals surface area contributed by atoms with E-state index < -0.39 is 12.1 Å². The Morgan fingerprint density at radius 2 is 1.64 bits per heavy atom. The molecule has 146 valence electrons. The van der Waals surface area contributed by atoms with Crippen LogP contribution in [0.25, 0.3) is 0 Å². The highest BCUT2D eigenvalue weighted by Gasteiger charge is 2.18. The van der Waals surface area contributed by atoms with Gasteiger partial charge in [-0.3, -0.25) is 0 Å². The summed E-state index contributed by atoms with van der Waals surface area (Å²) in [6.45, 7) is 1.89. The highest BCUT2D eigenvalue weighted by molar-refractivity contribution is 9.10. The number of benzene rings is 3. The molecule has 0 spiro atoms. The average molecular weight is 482 g/mol. The Morgan fingerprint density at radius 1 is 1.04 bits per heavy atom. The smallest absolute Gasteiger partial charge is 0.316 e. The first-order valence-electron chi connectivity index (χ1n) is 8.29. The number of primary amides is 1. The second-order valence-corrected chi connectivity index (χ2v) is 7.60. The number of nitrogens with two attached hydrogens (primary N) is 1. The third-order valence-corrected chi connectivity index (χ3v) is 5.18. The maximum atomic E-state index is 10.4. The number of nitrogens with one attached hydrogen (secondary N) is 1. The van der Waals surface area contributed by atoms with Crippen LogP contribution in [0.3, 0.4) is 0 Å². The zero-order valence-electron chi connectivity index (χ0n) is 15.0. The van der Waals surface area contributed by atoms with Crippen LogP contribution in [-0.4, -0.2) is 11.1 Å². The van der Waals surface area contributed by atoms with Gasteiger partial charge in [0.15, 0.2) is 0 Å². The van der Waals surface area contributed by atoms with Gasteiger partial charge in [0, 0.05) is 20.7 Å². The Morgan fingerprint density at radius 3 is 2.21 bits per heavy atom. The minimum absolute atomic E-state index is 0.483. The van der Waals surface area contributed by atoms with Crippen LogP contribution in [-0.2, 0) is 0 Å². The fourth-order valence-corrected chi connectivity index (χ4v) is 3.25. The molecule has 0 heterocycles. The Bertz CT molecular complexity index is 935. The molecule has 4 N–H and O–H groups in total. The van der Waals surface area contributed by atoms with Crippen LogP contribution >= 0.6 is 39.1 Å². The fraction of sp³-hybridized carbons (Fsp3) is 0.0952. The summed E-state index contributed by atoms with van der Waals surface area (Å²) >= 11 is 15.6. The molecule has 3 aromatic carbocycles. The van der Waals surface area contributed by atoms with E-state index in [1.54, 1.807) is 18.2 Å². The van der Waals surface area contributed by atoms with Gasteiger partial charge < -0.3 is 16.2 Å². The van der Waals surface area contributed by atoms with Gasteiger partial charge >= 0.3 is 6.03 Å². The molecule has 1 unspecified atom stereocenters. The minimum atomic E-state index is -0.795. The zero-order chi connectivity index (χ0) is 20.7. The van der Waals surface area contributed by atoms with E-state index in [4.69, 9.17) is 28.9 Å². The molecule has 0 fully saturated rings. The standard InChI is InChI=1S/C14H12Cl2O.C7H7BrN2O/c1-9-7-8-11(15)12(13(9)16)14(17)10-5-3-2-4-6-10;8-5-1-3-6(4-2-5)10-7(9)11/h2-8,14,17H,1H3;1-4H,(H3,9,10,11). The molecule has 4 nitrogen and oxygen atoms in total. The normalized spacial score (nSPS) is 11.2. The average Bonchev–Trinajstić information content (AvgIpc) is 2.68. The van der Waals surface area contributed by atoms with E-state index in [0.29, 0.717) is 21.3 Å². The monoisotopic (exact) mass is 480 g/mol. The van der Waals surface area contributed by atoms with Crippen molar-refractivity contribution < 1.29 is 9.90 Å². The lowest BCUT2D eigenvalue weighted by atomic mass is 10.00. The molecule has 1 atom stereocenters. The predicted octanol–water partition coefficient (Wildman–Crippen LogP) is 6.32. The molecule has 0 aliphatic carbocycles. The van der Waals surface area contributed by atoms with Crippen molar-refractivity contribution in [1.82, 2.24) is 0 Å². The van der Waals surface area contributed by atoms with Crippen molar-refractivity contribution in [2.24, 2.45) is 5.73 Å². The second-order valence-electron chi connectivity index (χ2n) is 5.90. The van der Waals surface area contributed by atoms with E-state index in [-0.39, 0.29) is 0 Å². The van der Waals surface area contributed by atoms with E-state index in [9.17, 15) is 9.90 Å². The lowest BCUT2D eigenvalue weighted by molar-refractivity contribution is 0.220. The van der Waals surface area contributed by atoms with Gasteiger partial charge in [0.25, 0.3) is 0 Å². The SMILES string of the molecule is Cc1ccc(Cl)c(C(O)c2ccccc2)c1Cl.NC(=O)Nc1ccc(Br)cc1. The fourth-order valence-electron chi connectivity index (χ4n) is 2.41. The molecule has 0 aromatic heterocycles. The van der Waals surface area contributed by atoms with E-state index in [1.807, 2.05) is 55.5 Å². The zero-order valence-corrected chi connectivity index (χ0v) is 18.1. The summed E-state index contributed by atoms with van der Waals surface area (Å²) in [5.74, 6) is 0. The van der Waals surface area contributed by atoms with Crippen LogP contribution in [0, 0.1) is 6.92 Å². The van der Waals surface area contributed by atoms with Gasteiger partial charge in [-0.15, -0.1) is 0 Å². The van der Waals surface area contributed by atoms with Crippen molar-refractivity contribution in [3.63, 3.8) is 0 Å². The van der Waals surface area contributed by atoms with Crippen molar-refractivity contribution in [2.75, 3.05) is 5.32 Å². The number of hydrogen-bond acceptors (Lipinski definition) is 2. The first kappa shape index (κ1) is 22.2. The Balaban J connectivity index is 0.000000221. The van der Waals surface area contributed by atoms with Gasteiger partial charge in [0.2, 0.25) is 0 Å². The second kappa shape index (κ2) is 10.5. The molecular weight excluding hydrogens is 463 g/mol. The number of amides is 2. The summed E-state index contributed by atoms with van der Waals surface area (Å²) in [5.41, 5.74) is 7.85. The lowest BCUT2D eigenvalue weighted by Crippen LogP contribution is -2.18. The Kier molecular flexibility index (Phi) is 8.33. The molecule has 0 radical (unpaired) electrons. The van der Waals surface area contributed by atoms with Crippen LogP contribution in [0.15, 0.2) is 71.2 Å². The highest BCUT2D eigenvalue weighted by atomic mass is 79.9. The first-order valence-corrected chi connectivity index (χ1v) is 9.84. The van der Waals surface area contributed by atoms with Gasteiger partial charge in [-0.25, -0.2) is 4.79 Å². The molecule has 0 aliphatic heterocycles. The molecule has 3 aromatic rings. The summed E-state index contributed by atoms with van der Waals surface area (Å²) in [6.07, 6.45) is -0.795. The number of rotatable bonds is 3. The molecule has 0 aliphatic rings.